The van der Waals surface area contributed by atoms with E-state index in [9.17, 15) is 27.5 Å². The number of carbonyl (C=O) groups is 1. The summed E-state index contributed by atoms with van der Waals surface area (Å²) >= 11 is 0. The average Bonchev–Trinajstić information content (AvgIpc) is 3.43. The minimum atomic E-state index is -4.50. The van der Waals surface area contributed by atoms with Crippen LogP contribution in [-0.2, 0) is 6.18 Å². The van der Waals surface area contributed by atoms with Gasteiger partial charge in [-0.05, 0) is 43.2 Å². The van der Waals surface area contributed by atoms with Gasteiger partial charge in [0.2, 0.25) is 5.96 Å². The summed E-state index contributed by atoms with van der Waals surface area (Å²) in [7, 11) is 0. The summed E-state index contributed by atoms with van der Waals surface area (Å²) in [4.78, 5) is 16.8. The molecular formula is C23H26F4N6O2. The smallest absolute Gasteiger partial charge is 0.416 e. The number of hydrogen-bond donors (Lipinski definition) is 5. The van der Waals surface area contributed by atoms with Crippen LogP contribution in [0.1, 0.15) is 59.6 Å². The molecule has 2 fully saturated rings. The molecule has 2 atom stereocenters. The van der Waals surface area contributed by atoms with Gasteiger partial charge in [-0.25, -0.2) is 9.82 Å². The van der Waals surface area contributed by atoms with E-state index in [2.05, 4.69) is 21.1 Å². The first-order valence-corrected chi connectivity index (χ1v) is 11.2. The molecule has 1 aliphatic heterocycles. The molecule has 0 aromatic heterocycles. The second-order valence-corrected chi connectivity index (χ2v) is 8.66. The number of phenolic OH excluding ortho intramolecular Hbond substituents is 1. The van der Waals surface area contributed by atoms with Gasteiger partial charge in [0.25, 0.3) is 5.91 Å². The molecule has 2 aliphatic rings. The first-order chi connectivity index (χ1) is 16.6. The molecule has 1 amide bonds. The third-order valence-corrected chi connectivity index (χ3v) is 6.13. The van der Waals surface area contributed by atoms with Crippen LogP contribution < -0.4 is 21.9 Å². The number of carbonyl (C=O) groups excluding carboxylic acids is 1. The largest absolute Gasteiger partial charge is 0.508 e. The molecule has 1 saturated carbocycles. The first-order valence-electron chi connectivity index (χ1n) is 11.2. The number of hydrogen-bond acceptors (Lipinski definition) is 5. The third kappa shape index (κ3) is 6.08. The van der Waals surface area contributed by atoms with Crippen LogP contribution >= 0.6 is 0 Å². The van der Waals surface area contributed by atoms with Gasteiger partial charge in [-0.2, -0.15) is 23.3 Å². The molecule has 2 aromatic rings. The van der Waals surface area contributed by atoms with Crippen LogP contribution in [0, 0.1) is 5.82 Å². The lowest BCUT2D eigenvalue weighted by Crippen LogP contribution is -2.55. The summed E-state index contributed by atoms with van der Waals surface area (Å²) in [5, 5.41) is 17.0. The van der Waals surface area contributed by atoms with E-state index in [4.69, 9.17) is 5.84 Å². The van der Waals surface area contributed by atoms with E-state index in [-0.39, 0.29) is 23.3 Å². The zero-order chi connectivity index (χ0) is 25.2. The molecule has 1 saturated heterocycles. The van der Waals surface area contributed by atoms with Crippen molar-refractivity contribution in [3.63, 3.8) is 0 Å². The number of aromatic hydroxyl groups is 1. The van der Waals surface area contributed by atoms with E-state index in [1.54, 1.807) is 0 Å². The first kappa shape index (κ1) is 24.9. The van der Waals surface area contributed by atoms with E-state index in [0.29, 0.717) is 12.0 Å². The van der Waals surface area contributed by atoms with Crippen molar-refractivity contribution in [1.29, 1.82) is 0 Å². The maximum Gasteiger partial charge on any atom is 0.416 e. The zero-order valence-corrected chi connectivity index (χ0v) is 18.6. The summed E-state index contributed by atoms with van der Waals surface area (Å²) in [5.41, 5.74) is 2.39. The summed E-state index contributed by atoms with van der Waals surface area (Å²) in [6, 6.07) is 7.24. The minimum Gasteiger partial charge on any atom is -0.508 e. The highest BCUT2D eigenvalue weighted by Gasteiger charge is 2.34. The number of nitrogens with zero attached hydrogens (tertiary/aromatic N) is 2. The number of rotatable bonds is 4. The summed E-state index contributed by atoms with van der Waals surface area (Å²) in [6.07, 6.45) is -0.978. The van der Waals surface area contributed by atoms with Gasteiger partial charge in [-0.1, -0.05) is 18.9 Å². The normalized spacial score (nSPS) is 21.9. The number of nitrogens with one attached hydrogen (secondary N) is 3. The molecule has 12 heteroatoms. The number of nitrogens with two attached hydrogens (primary N) is 1. The van der Waals surface area contributed by atoms with Crippen LogP contribution in [0.25, 0.3) is 0 Å². The van der Waals surface area contributed by atoms with Crippen LogP contribution in [0.3, 0.4) is 0 Å². The van der Waals surface area contributed by atoms with Gasteiger partial charge in [0, 0.05) is 29.7 Å². The Bertz CT molecular complexity index is 1090. The number of halogens is 4. The topological polar surface area (TPSA) is 115 Å². The Kier molecular flexibility index (Phi) is 7.24. The quantitative estimate of drug-likeness (QED) is 0.192. The molecule has 2 aromatic carbocycles. The van der Waals surface area contributed by atoms with Gasteiger partial charge < -0.3 is 15.7 Å². The average molecular weight is 494 g/mol. The van der Waals surface area contributed by atoms with Crippen molar-refractivity contribution in [2.75, 3.05) is 0 Å². The van der Waals surface area contributed by atoms with Crippen molar-refractivity contribution in [3.05, 3.63) is 65.0 Å². The number of alkyl halides is 3. The van der Waals surface area contributed by atoms with Crippen molar-refractivity contribution in [2.24, 2.45) is 10.8 Å². The predicted octanol–water partition coefficient (Wildman–Crippen LogP) is 3.32. The third-order valence-electron chi connectivity index (χ3n) is 6.13. The van der Waals surface area contributed by atoms with Crippen molar-refractivity contribution in [2.45, 2.75) is 56.5 Å². The van der Waals surface area contributed by atoms with Crippen molar-refractivity contribution >= 4 is 11.9 Å². The SMILES string of the molecule is NN1NC(c2ccc(O)cc2F)CC1N/C(=N\C(=O)c1ccc(C(F)(F)F)cc1)NC1CCCC1. The fourth-order valence-corrected chi connectivity index (χ4v) is 4.28. The standard InChI is InChI=1S/C23H26F4N6O2/c24-18-11-16(34)9-10-17(18)19-12-20(33(28)32-19)30-22(29-15-3-1-2-4-15)31-21(35)13-5-7-14(8-6-13)23(25,26)27/h5-11,15,19-20,32,34H,1-4,12,28H2,(H2,29,30,31,35). The maximum atomic E-state index is 14.3. The molecular weight excluding hydrogens is 468 g/mol. The van der Waals surface area contributed by atoms with Gasteiger partial charge in [-0.3, -0.25) is 10.6 Å². The molecule has 6 N–H and O–H groups in total. The van der Waals surface area contributed by atoms with Crippen LogP contribution in [0.2, 0.25) is 0 Å². The van der Waals surface area contributed by atoms with Gasteiger partial charge in [-0.15, -0.1) is 0 Å². The second-order valence-electron chi connectivity index (χ2n) is 8.66. The Hall–Kier alpha value is -3.22. The van der Waals surface area contributed by atoms with Crippen LogP contribution in [0.15, 0.2) is 47.5 Å². The number of phenols is 1. The monoisotopic (exact) mass is 494 g/mol. The summed E-state index contributed by atoms with van der Waals surface area (Å²) < 4.78 is 52.8. The molecule has 0 bridgehead atoms. The molecule has 8 nitrogen and oxygen atoms in total. The maximum absolute atomic E-state index is 14.3. The molecule has 0 spiro atoms. The number of aliphatic imine (C=N–C) groups is 1. The van der Waals surface area contributed by atoms with Gasteiger partial charge >= 0.3 is 6.18 Å². The van der Waals surface area contributed by atoms with E-state index >= 15 is 0 Å². The van der Waals surface area contributed by atoms with Crippen LogP contribution in [0.4, 0.5) is 17.6 Å². The van der Waals surface area contributed by atoms with Crippen LogP contribution in [-0.4, -0.2) is 34.3 Å². The van der Waals surface area contributed by atoms with E-state index < -0.39 is 35.7 Å². The van der Waals surface area contributed by atoms with Gasteiger partial charge in [0.05, 0.1) is 11.6 Å². The highest BCUT2D eigenvalue weighted by atomic mass is 19.4. The fourth-order valence-electron chi connectivity index (χ4n) is 4.28. The zero-order valence-electron chi connectivity index (χ0n) is 18.6. The highest BCUT2D eigenvalue weighted by molar-refractivity contribution is 6.02. The highest BCUT2D eigenvalue weighted by Crippen LogP contribution is 2.30. The number of hydrazine groups is 2. The Balaban J connectivity index is 1.51. The summed E-state index contributed by atoms with van der Waals surface area (Å²) in [5.74, 6) is 4.69. The summed E-state index contributed by atoms with van der Waals surface area (Å²) in [6.45, 7) is 0. The molecule has 0 radical (unpaired) electrons. The molecule has 4 rings (SSSR count). The lowest BCUT2D eigenvalue weighted by Gasteiger charge is -2.24. The lowest BCUT2D eigenvalue weighted by atomic mass is 10.0. The molecule has 35 heavy (non-hydrogen) atoms. The number of benzene rings is 2. The number of amides is 1. The Morgan fingerprint density at radius 2 is 1.80 bits per heavy atom. The number of guanidine groups is 1. The Morgan fingerprint density at radius 3 is 2.43 bits per heavy atom. The van der Waals surface area contributed by atoms with Gasteiger partial charge in [0.15, 0.2) is 0 Å². The molecule has 1 aliphatic carbocycles. The van der Waals surface area contributed by atoms with Crippen molar-refractivity contribution < 1.29 is 27.5 Å². The fraction of sp³-hybridized carbons (Fsp3) is 0.391. The van der Waals surface area contributed by atoms with Crippen molar-refractivity contribution in [1.82, 2.24) is 21.2 Å². The van der Waals surface area contributed by atoms with Gasteiger partial charge in [0.1, 0.15) is 17.7 Å². The molecule has 188 valence electrons. The second kappa shape index (κ2) is 10.2. The molecule has 2 unspecified atom stereocenters. The Morgan fingerprint density at radius 1 is 1.11 bits per heavy atom. The Labute approximate surface area is 199 Å². The lowest BCUT2D eigenvalue weighted by molar-refractivity contribution is -0.137. The van der Waals surface area contributed by atoms with Crippen LogP contribution in [0.5, 0.6) is 5.75 Å². The van der Waals surface area contributed by atoms with Crippen molar-refractivity contribution in [3.8, 4) is 5.75 Å². The van der Waals surface area contributed by atoms with E-state index in [1.165, 1.54) is 17.3 Å². The van der Waals surface area contributed by atoms with E-state index in [0.717, 1.165) is 56.0 Å². The minimum absolute atomic E-state index is 0.00344. The predicted molar refractivity (Wildman–Crippen MR) is 120 cm³/mol. The van der Waals surface area contributed by atoms with E-state index in [1.807, 2.05) is 0 Å². The molecule has 1 heterocycles.